The van der Waals surface area contributed by atoms with Crippen LogP contribution in [0.4, 0.5) is 0 Å². The number of carbonyl (C=O) groups is 1. The second-order valence-electron chi connectivity index (χ2n) is 4.94. The third kappa shape index (κ3) is 4.57. The lowest BCUT2D eigenvalue weighted by atomic mass is 9.88. The zero-order valence-electron chi connectivity index (χ0n) is 11.4. The molecule has 4 heteroatoms. The van der Waals surface area contributed by atoms with Gasteiger partial charge in [0.25, 0.3) is 0 Å². The summed E-state index contributed by atoms with van der Waals surface area (Å²) in [5, 5.41) is 9.01. The van der Waals surface area contributed by atoms with Crippen LogP contribution in [0.5, 0.6) is 0 Å². The zero-order chi connectivity index (χ0) is 15.2. The number of primary amides is 1. The summed E-state index contributed by atoms with van der Waals surface area (Å²) in [5.41, 5.74) is 8.12. The minimum absolute atomic E-state index is 0.00556. The summed E-state index contributed by atoms with van der Waals surface area (Å²) >= 11 is 2.27. The maximum Gasteiger partial charge on any atom is 0.218 e. The first-order valence-corrected chi connectivity index (χ1v) is 7.69. The summed E-state index contributed by atoms with van der Waals surface area (Å²) in [6.07, 6.45) is 1.01. The molecule has 0 fully saturated rings. The van der Waals surface area contributed by atoms with E-state index < -0.39 is 0 Å². The summed E-state index contributed by atoms with van der Waals surface area (Å²) in [6.45, 7) is 0. The number of nitrogens with two attached hydrogens (primary N) is 1. The van der Waals surface area contributed by atoms with Crippen LogP contribution in [0.2, 0.25) is 0 Å². The molecule has 1 unspecified atom stereocenters. The van der Waals surface area contributed by atoms with Crippen LogP contribution >= 0.6 is 22.6 Å². The van der Waals surface area contributed by atoms with Crippen LogP contribution in [0.25, 0.3) is 0 Å². The standard InChI is InChI=1S/C17H15IN2O/c18-16-6-2-3-12(9-16)7-15(10-17(20)21)14-5-1-4-13(8-14)11-19/h1-6,8-9,15H,7,10H2,(H2,20,21). The van der Waals surface area contributed by atoms with Gasteiger partial charge in [-0.3, -0.25) is 4.79 Å². The number of amides is 1. The highest BCUT2D eigenvalue weighted by Gasteiger charge is 2.16. The van der Waals surface area contributed by atoms with Crippen LogP contribution in [-0.2, 0) is 11.2 Å². The second kappa shape index (κ2) is 7.23. The van der Waals surface area contributed by atoms with E-state index in [1.807, 2.05) is 36.4 Å². The first-order valence-electron chi connectivity index (χ1n) is 6.61. The normalized spacial score (nSPS) is 11.6. The Kier molecular flexibility index (Phi) is 5.34. The Bertz CT molecular complexity index is 691. The lowest BCUT2D eigenvalue weighted by Crippen LogP contribution is -2.17. The molecule has 0 saturated carbocycles. The number of rotatable bonds is 5. The molecule has 0 aliphatic heterocycles. The van der Waals surface area contributed by atoms with Crippen molar-refractivity contribution in [1.29, 1.82) is 5.26 Å². The number of benzene rings is 2. The van der Waals surface area contributed by atoms with E-state index in [1.165, 1.54) is 0 Å². The minimum Gasteiger partial charge on any atom is -0.370 e. The molecule has 3 nitrogen and oxygen atoms in total. The Morgan fingerprint density at radius 1 is 1.24 bits per heavy atom. The zero-order valence-corrected chi connectivity index (χ0v) is 13.6. The monoisotopic (exact) mass is 390 g/mol. The summed E-state index contributed by atoms with van der Waals surface area (Å²) in [7, 11) is 0. The van der Waals surface area contributed by atoms with Crippen molar-refractivity contribution in [2.24, 2.45) is 5.73 Å². The molecule has 0 spiro atoms. The SMILES string of the molecule is N#Cc1cccc(C(CC(N)=O)Cc2cccc(I)c2)c1. The van der Waals surface area contributed by atoms with E-state index in [1.54, 1.807) is 6.07 Å². The van der Waals surface area contributed by atoms with E-state index in [4.69, 9.17) is 11.0 Å². The molecule has 1 amide bonds. The molecule has 0 aromatic heterocycles. The minimum atomic E-state index is -0.326. The van der Waals surface area contributed by atoms with Crippen molar-refractivity contribution in [3.05, 3.63) is 68.8 Å². The number of carbonyl (C=O) groups excluding carboxylic acids is 1. The van der Waals surface area contributed by atoms with Gasteiger partial charge in [0.15, 0.2) is 0 Å². The molecule has 0 aliphatic carbocycles. The molecular formula is C17H15IN2O. The molecule has 0 bridgehead atoms. The number of hydrogen-bond acceptors (Lipinski definition) is 2. The average Bonchev–Trinajstić information content (AvgIpc) is 2.46. The summed E-state index contributed by atoms with van der Waals surface area (Å²) in [5.74, 6) is -0.331. The Balaban J connectivity index is 2.29. The Morgan fingerprint density at radius 2 is 2.00 bits per heavy atom. The van der Waals surface area contributed by atoms with Crippen molar-refractivity contribution < 1.29 is 4.79 Å². The molecule has 0 aliphatic rings. The third-order valence-electron chi connectivity index (χ3n) is 3.31. The van der Waals surface area contributed by atoms with Crippen molar-refractivity contribution in [2.45, 2.75) is 18.8 Å². The van der Waals surface area contributed by atoms with Gasteiger partial charge in [0.05, 0.1) is 11.6 Å². The number of nitrogens with zero attached hydrogens (tertiary/aromatic N) is 1. The van der Waals surface area contributed by atoms with Crippen molar-refractivity contribution in [1.82, 2.24) is 0 Å². The highest BCUT2D eigenvalue weighted by Crippen LogP contribution is 2.25. The largest absolute Gasteiger partial charge is 0.370 e. The lowest BCUT2D eigenvalue weighted by Gasteiger charge is -2.16. The molecule has 21 heavy (non-hydrogen) atoms. The highest BCUT2D eigenvalue weighted by atomic mass is 127. The van der Waals surface area contributed by atoms with E-state index >= 15 is 0 Å². The summed E-state index contributed by atoms with van der Waals surface area (Å²) in [6, 6.07) is 17.7. The first-order chi connectivity index (χ1) is 10.1. The van der Waals surface area contributed by atoms with Crippen LogP contribution in [-0.4, -0.2) is 5.91 Å². The maximum absolute atomic E-state index is 11.4. The van der Waals surface area contributed by atoms with E-state index in [0.717, 1.165) is 21.1 Å². The molecule has 0 radical (unpaired) electrons. The van der Waals surface area contributed by atoms with Crippen LogP contribution in [0.3, 0.4) is 0 Å². The third-order valence-corrected chi connectivity index (χ3v) is 3.98. The van der Waals surface area contributed by atoms with Gasteiger partial charge in [0.1, 0.15) is 0 Å². The predicted molar refractivity (Wildman–Crippen MR) is 90.6 cm³/mol. The van der Waals surface area contributed by atoms with Crippen LogP contribution in [0, 0.1) is 14.9 Å². The van der Waals surface area contributed by atoms with Crippen molar-refractivity contribution in [3.8, 4) is 6.07 Å². The molecule has 2 aromatic carbocycles. The van der Waals surface area contributed by atoms with Crippen LogP contribution in [0.1, 0.15) is 29.0 Å². The van der Waals surface area contributed by atoms with Gasteiger partial charge in [-0.1, -0.05) is 24.3 Å². The molecule has 2 rings (SSSR count). The van der Waals surface area contributed by atoms with Crippen LogP contribution in [0.15, 0.2) is 48.5 Å². The van der Waals surface area contributed by atoms with Gasteiger partial charge in [0, 0.05) is 9.99 Å². The maximum atomic E-state index is 11.4. The number of nitriles is 1. The van der Waals surface area contributed by atoms with Crippen molar-refractivity contribution >= 4 is 28.5 Å². The second-order valence-corrected chi connectivity index (χ2v) is 6.18. The van der Waals surface area contributed by atoms with Gasteiger partial charge in [-0.15, -0.1) is 0 Å². The van der Waals surface area contributed by atoms with Gasteiger partial charge >= 0.3 is 0 Å². The van der Waals surface area contributed by atoms with Crippen LogP contribution < -0.4 is 5.73 Å². The highest BCUT2D eigenvalue weighted by molar-refractivity contribution is 14.1. The molecular weight excluding hydrogens is 375 g/mol. The molecule has 0 saturated heterocycles. The number of halogens is 1. The van der Waals surface area contributed by atoms with Gasteiger partial charge in [-0.05, 0) is 70.3 Å². The van der Waals surface area contributed by atoms with E-state index in [9.17, 15) is 4.79 Å². The quantitative estimate of drug-likeness (QED) is 0.796. The Hall–Kier alpha value is -1.87. The smallest absolute Gasteiger partial charge is 0.218 e. The molecule has 2 N–H and O–H groups in total. The summed E-state index contributed by atoms with van der Waals surface area (Å²) in [4.78, 5) is 11.4. The van der Waals surface area contributed by atoms with Crippen molar-refractivity contribution in [2.75, 3.05) is 0 Å². The van der Waals surface area contributed by atoms with Gasteiger partial charge in [-0.25, -0.2) is 0 Å². The fourth-order valence-electron chi connectivity index (χ4n) is 2.36. The lowest BCUT2D eigenvalue weighted by molar-refractivity contribution is -0.118. The summed E-state index contributed by atoms with van der Waals surface area (Å²) < 4.78 is 1.16. The van der Waals surface area contributed by atoms with Crippen molar-refractivity contribution in [3.63, 3.8) is 0 Å². The molecule has 0 heterocycles. The van der Waals surface area contributed by atoms with E-state index in [0.29, 0.717) is 5.56 Å². The van der Waals surface area contributed by atoms with Gasteiger partial charge in [-0.2, -0.15) is 5.26 Å². The van der Waals surface area contributed by atoms with E-state index in [2.05, 4.69) is 34.7 Å². The molecule has 1 atom stereocenters. The Morgan fingerprint density at radius 3 is 2.67 bits per heavy atom. The topological polar surface area (TPSA) is 66.9 Å². The van der Waals surface area contributed by atoms with Gasteiger partial charge in [0.2, 0.25) is 5.91 Å². The molecule has 2 aromatic rings. The average molecular weight is 390 g/mol. The van der Waals surface area contributed by atoms with E-state index in [-0.39, 0.29) is 18.2 Å². The predicted octanol–water partition coefficient (Wildman–Crippen LogP) is 3.36. The fraction of sp³-hybridized carbons (Fsp3) is 0.176. The first kappa shape index (κ1) is 15.5. The molecule has 106 valence electrons. The van der Waals surface area contributed by atoms with Gasteiger partial charge < -0.3 is 5.73 Å². The Labute approximate surface area is 137 Å². The number of hydrogen-bond donors (Lipinski definition) is 1. The fourth-order valence-corrected chi connectivity index (χ4v) is 2.97.